The van der Waals surface area contributed by atoms with Crippen molar-refractivity contribution in [1.82, 2.24) is 14.1 Å². The predicted octanol–water partition coefficient (Wildman–Crippen LogP) is 1.79. The van der Waals surface area contributed by atoms with Gasteiger partial charge in [0.05, 0.1) is 17.8 Å². The Bertz CT molecular complexity index is 1080. The van der Waals surface area contributed by atoms with Crippen molar-refractivity contribution < 1.29 is 32.4 Å². The molecule has 3 rings (SSSR count). The molecule has 38 heavy (non-hydrogen) atoms. The van der Waals surface area contributed by atoms with Crippen LogP contribution in [-0.2, 0) is 35.8 Å². The van der Waals surface area contributed by atoms with E-state index in [-0.39, 0.29) is 25.6 Å². The van der Waals surface area contributed by atoms with Gasteiger partial charge in [0, 0.05) is 37.0 Å². The van der Waals surface area contributed by atoms with E-state index >= 15 is 0 Å². The van der Waals surface area contributed by atoms with Crippen molar-refractivity contribution in [2.75, 3.05) is 48.9 Å². The molecule has 2 atom stereocenters. The van der Waals surface area contributed by atoms with Crippen LogP contribution in [0.4, 0.5) is 5.82 Å². The average molecular weight is 578 g/mol. The molecular weight excluding hydrogens is 533 g/mol. The number of hydrogen-bond donors (Lipinski definition) is 3. The predicted molar refractivity (Wildman–Crippen MR) is 151 cm³/mol. The van der Waals surface area contributed by atoms with Crippen LogP contribution in [0.5, 0.6) is 0 Å². The molecule has 2 aliphatic rings. The molecule has 2 fully saturated rings. The molecule has 0 unspecified atom stereocenters. The highest BCUT2D eigenvalue weighted by atomic mass is 32.3. The van der Waals surface area contributed by atoms with E-state index in [0.717, 1.165) is 10.1 Å². The molecule has 1 aromatic rings. The Morgan fingerprint density at radius 2 is 1.89 bits per heavy atom. The van der Waals surface area contributed by atoms with Gasteiger partial charge < -0.3 is 24.9 Å². The number of carboxylic acids is 1. The minimum Gasteiger partial charge on any atom is -0.480 e. The first-order valence-corrected chi connectivity index (χ1v) is 17.2. The van der Waals surface area contributed by atoms with Crippen LogP contribution in [-0.4, -0.2) is 102 Å². The van der Waals surface area contributed by atoms with Gasteiger partial charge in [-0.2, -0.15) is 17.8 Å². The third kappa shape index (κ3) is 7.43. The van der Waals surface area contributed by atoms with Gasteiger partial charge in [0.1, 0.15) is 12.3 Å². The molecule has 0 saturated carbocycles. The maximum absolute atomic E-state index is 13.1. The minimum absolute atomic E-state index is 0.0134. The van der Waals surface area contributed by atoms with Gasteiger partial charge in [0.25, 0.3) is 0 Å². The lowest BCUT2D eigenvalue weighted by atomic mass is 9.78. The molecule has 1 aromatic heterocycles. The van der Waals surface area contributed by atoms with E-state index in [2.05, 4.69) is 28.6 Å². The van der Waals surface area contributed by atoms with E-state index < -0.39 is 56.0 Å². The minimum atomic E-state index is -4.08. The van der Waals surface area contributed by atoms with E-state index in [4.69, 9.17) is 19.8 Å². The number of nitrogens with zero attached hydrogens (tertiary/aromatic N) is 3. The Kier molecular flexibility index (Phi) is 9.24. The van der Waals surface area contributed by atoms with Gasteiger partial charge in [-0.15, -0.1) is 0 Å². The molecule has 12 nitrogen and oxygen atoms in total. The Labute approximate surface area is 228 Å². The summed E-state index contributed by atoms with van der Waals surface area (Å²) in [7, 11) is -5.15. The summed E-state index contributed by atoms with van der Waals surface area (Å²) in [6.45, 7) is 8.34. The summed E-state index contributed by atoms with van der Waals surface area (Å²) in [5.74, 6) is -0.716. The lowest BCUT2D eigenvalue weighted by molar-refractivity contribution is -0.144. The number of carbonyl (C=O) groups is 1. The largest absolute Gasteiger partial charge is 0.480 e. The molecule has 4 N–H and O–H groups in total. The molecule has 0 amide bonds. The average Bonchev–Trinajstić information content (AvgIpc) is 3.40. The number of nitrogens with two attached hydrogens (primary N) is 1. The third-order valence-corrected chi connectivity index (χ3v) is 10.4. The van der Waals surface area contributed by atoms with Crippen molar-refractivity contribution >= 4 is 39.1 Å². The summed E-state index contributed by atoms with van der Waals surface area (Å²) in [6, 6.07) is 1.53. The fraction of sp³-hybridized carbons (Fsp3) is 0.826. The zero-order valence-electron chi connectivity index (χ0n) is 23.6. The molecule has 0 bridgehead atoms. The molecule has 3 heterocycles. The lowest BCUT2D eigenvalue weighted by Gasteiger charge is -2.32. The molecular formula is C23H44BN5O7S2. The lowest BCUT2D eigenvalue weighted by Crippen LogP contribution is -2.55. The highest BCUT2D eigenvalue weighted by Crippen LogP contribution is 2.39. The summed E-state index contributed by atoms with van der Waals surface area (Å²) < 4.78 is 48.9. The Morgan fingerprint density at radius 3 is 2.47 bits per heavy atom. The van der Waals surface area contributed by atoms with Crippen molar-refractivity contribution in [2.45, 2.75) is 70.3 Å². The van der Waals surface area contributed by atoms with Crippen LogP contribution in [0.1, 0.15) is 40.5 Å². The number of rotatable bonds is 13. The SMILES string of the molecule is CC1(C)OB(CCC[C@H]2CN(S(=O)(=O)Nc3ccn(COCCS(C)(C)C)n3)C[C@@]2(N)C(=O)O)OC1(C)C. The van der Waals surface area contributed by atoms with Crippen LogP contribution in [0.2, 0.25) is 6.32 Å². The molecule has 0 spiro atoms. The highest BCUT2D eigenvalue weighted by molar-refractivity contribution is 8.32. The fourth-order valence-electron chi connectivity index (χ4n) is 4.43. The molecule has 0 radical (unpaired) electrons. The fourth-order valence-corrected chi connectivity index (χ4v) is 6.31. The van der Waals surface area contributed by atoms with Crippen LogP contribution < -0.4 is 10.5 Å². The van der Waals surface area contributed by atoms with Crippen molar-refractivity contribution in [3.63, 3.8) is 0 Å². The number of nitrogens with one attached hydrogen (secondary N) is 1. The van der Waals surface area contributed by atoms with E-state index in [1.807, 2.05) is 27.7 Å². The molecule has 2 saturated heterocycles. The van der Waals surface area contributed by atoms with Crippen molar-refractivity contribution in [2.24, 2.45) is 11.7 Å². The van der Waals surface area contributed by atoms with Crippen molar-refractivity contribution in [1.29, 1.82) is 0 Å². The van der Waals surface area contributed by atoms with Crippen LogP contribution in [0.25, 0.3) is 0 Å². The van der Waals surface area contributed by atoms with E-state index in [1.54, 1.807) is 6.20 Å². The maximum Gasteiger partial charge on any atom is 0.457 e. The number of carboxylic acid groups (broad SMARTS) is 1. The van der Waals surface area contributed by atoms with Gasteiger partial charge in [0.15, 0.2) is 5.82 Å². The monoisotopic (exact) mass is 577 g/mol. The summed E-state index contributed by atoms with van der Waals surface area (Å²) in [6.07, 6.45) is 9.80. The van der Waals surface area contributed by atoms with E-state index in [9.17, 15) is 18.3 Å². The van der Waals surface area contributed by atoms with Crippen LogP contribution in [0, 0.1) is 5.92 Å². The molecule has 0 aliphatic carbocycles. The zero-order chi connectivity index (χ0) is 28.6. The Balaban J connectivity index is 1.56. The number of hydrogen-bond acceptors (Lipinski definition) is 8. The van der Waals surface area contributed by atoms with Crippen LogP contribution in [0.15, 0.2) is 12.3 Å². The number of ether oxygens (including phenoxy) is 1. The summed E-state index contributed by atoms with van der Waals surface area (Å²) in [5, 5.41) is 14.1. The molecule has 2 aliphatic heterocycles. The summed E-state index contributed by atoms with van der Waals surface area (Å²) >= 11 is 0. The number of anilines is 1. The standard InChI is InChI=1S/C23H44BN5O7S2/c1-21(2)22(3,4)36-24(35-21)11-8-9-18-15-29(16-23(18,25)20(30)31)38(32,33)27-19-10-12-28(26-19)17-34-13-14-37(5,6)7/h10,12,18H,8-9,11,13-17,25H2,1-7H3,(H,26,27)(H,30,31)/t18-,23-/m0/s1. The smallest absolute Gasteiger partial charge is 0.457 e. The quantitative estimate of drug-likeness (QED) is 0.235. The van der Waals surface area contributed by atoms with Gasteiger partial charge >= 0.3 is 23.3 Å². The molecule has 15 heteroatoms. The molecule has 0 aromatic carbocycles. The van der Waals surface area contributed by atoms with Crippen LogP contribution >= 0.6 is 10.0 Å². The number of aromatic nitrogens is 2. The van der Waals surface area contributed by atoms with Gasteiger partial charge in [-0.05, 0) is 59.2 Å². The Morgan fingerprint density at radius 1 is 1.26 bits per heavy atom. The second kappa shape index (κ2) is 11.3. The number of aliphatic carboxylic acids is 1. The van der Waals surface area contributed by atoms with Gasteiger partial charge in [-0.3, -0.25) is 9.52 Å². The van der Waals surface area contributed by atoms with Gasteiger partial charge in [-0.25, -0.2) is 14.7 Å². The first kappa shape index (κ1) is 31.2. The van der Waals surface area contributed by atoms with Gasteiger partial charge in [-0.1, -0.05) is 6.42 Å². The third-order valence-electron chi connectivity index (χ3n) is 7.56. The van der Waals surface area contributed by atoms with Crippen LogP contribution in [0.3, 0.4) is 0 Å². The van der Waals surface area contributed by atoms with Crippen molar-refractivity contribution in [3.8, 4) is 0 Å². The first-order chi connectivity index (χ1) is 17.3. The Hall–Kier alpha value is -1.36. The first-order valence-electron chi connectivity index (χ1n) is 12.8. The summed E-state index contributed by atoms with van der Waals surface area (Å²) in [4.78, 5) is 12.1. The zero-order valence-corrected chi connectivity index (χ0v) is 25.2. The summed E-state index contributed by atoms with van der Waals surface area (Å²) in [5.41, 5.74) is 3.67. The van der Waals surface area contributed by atoms with E-state index in [0.29, 0.717) is 25.8 Å². The second-order valence-corrected chi connectivity index (χ2v) is 18.4. The second-order valence-electron chi connectivity index (χ2n) is 12.1. The van der Waals surface area contributed by atoms with E-state index in [1.165, 1.54) is 10.7 Å². The highest BCUT2D eigenvalue weighted by Gasteiger charge is 2.53. The van der Waals surface area contributed by atoms with Crippen molar-refractivity contribution in [3.05, 3.63) is 12.3 Å². The normalized spacial score (nSPS) is 26.1. The maximum atomic E-state index is 13.1. The van der Waals surface area contributed by atoms with Gasteiger partial charge in [0.2, 0.25) is 0 Å². The molecule has 218 valence electrons. The topological polar surface area (TPSA) is 158 Å².